The van der Waals surface area contributed by atoms with E-state index in [2.05, 4.69) is 55.7 Å². The maximum Gasteiger partial charge on any atom is 0.494 e. The summed E-state index contributed by atoms with van der Waals surface area (Å²) in [6.07, 6.45) is 7.57. The Morgan fingerprint density at radius 2 is 1.63 bits per heavy atom. The Bertz CT molecular complexity index is 1250. The molecule has 41 heavy (non-hydrogen) atoms. The van der Waals surface area contributed by atoms with Gasteiger partial charge in [0.2, 0.25) is 11.8 Å². The van der Waals surface area contributed by atoms with Gasteiger partial charge in [-0.05, 0) is 95.7 Å². The van der Waals surface area contributed by atoms with Crippen molar-refractivity contribution in [1.82, 2.24) is 9.80 Å². The van der Waals surface area contributed by atoms with Crippen molar-refractivity contribution < 1.29 is 23.6 Å². The van der Waals surface area contributed by atoms with Crippen molar-refractivity contribution in [2.45, 2.75) is 107 Å². The van der Waals surface area contributed by atoms with E-state index in [0.29, 0.717) is 45.2 Å². The lowest BCUT2D eigenvalue weighted by molar-refractivity contribution is -0.152. The highest BCUT2D eigenvalue weighted by Gasteiger charge is 2.58. The second kappa shape index (κ2) is 9.04. The number of nitrogens with zero attached hydrogens (tertiary/aromatic N) is 3. The molecule has 8 rings (SSSR count). The van der Waals surface area contributed by atoms with Gasteiger partial charge >= 0.3 is 7.12 Å². The molecule has 4 saturated heterocycles. The quantitative estimate of drug-likeness (QED) is 0.527. The van der Waals surface area contributed by atoms with Crippen LogP contribution in [-0.4, -0.2) is 90.9 Å². The van der Waals surface area contributed by atoms with Gasteiger partial charge in [0.05, 0.1) is 35.7 Å². The van der Waals surface area contributed by atoms with Crippen molar-refractivity contribution in [2.75, 3.05) is 37.7 Å². The van der Waals surface area contributed by atoms with Crippen LogP contribution in [0.15, 0.2) is 18.2 Å². The van der Waals surface area contributed by atoms with Crippen LogP contribution < -0.4 is 10.4 Å². The number of fused-ring (bicyclic) bond motifs is 4. The van der Waals surface area contributed by atoms with Gasteiger partial charge in [-0.1, -0.05) is 12.1 Å². The monoisotopic (exact) mass is 561 g/mol. The van der Waals surface area contributed by atoms with Crippen LogP contribution in [0.1, 0.15) is 78.2 Å². The summed E-state index contributed by atoms with van der Waals surface area (Å²) in [5, 5.41) is 0. The first-order chi connectivity index (χ1) is 19.6. The standard InChI is InChI=1S/C32H44BN3O5/c1-30(2)31(3,4)41-33(40-30)22-6-8-26-27(14-22)36(25-15-24(16-25)35-17-20-5-7-23(35)13-20)29(38)32(26)9-11-34(12-10-32)28(37)21-18-39-19-21/h6,8,14,20-21,23-25H,5,7,9-13,15-19H2,1-4H3/t20-,23+,24?,25?/m0/s1. The highest BCUT2D eigenvalue weighted by atomic mass is 16.7. The van der Waals surface area contributed by atoms with E-state index in [9.17, 15) is 9.59 Å². The molecule has 0 unspecified atom stereocenters. The summed E-state index contributed by atoms with van der Waals surface area (Å²) in [5.74, 6) is 1.30. The molecule has 2 atom stereocenters. The normalized spacial score (nSPS) is 35.2. The van der Waals surface area contributed by atoms with Crippen LogP contribution in [0.3, 0.4) is 0 Å². The largest absolute Gasteiger partial charge is 0.494 e. The lowest BCUT2D eigenvalue weighted by Gasteiger charge is -2.48. The first-order valence-corrected chi connectivity index (χ1v) is 16.0. The molecule has 2 amide bonds. The van der Waals surface area contributed by atoms with Crippen LogP contribution in [0.2, 0.25) is 0 Å². The van der Waals surface area contributed by atoms with Crippen molar-refractivity contribution in [2.24, 2.45) is 11.8 Å². The van der Waals surface area contributed by atoms with Gasteiger partial charge in [0.15, 0.2) is 0 Å². The van der Waals surface area contributed by atoms with Crippen molar-refractivity contribution in [1.29, 1.82) is 0 Å². The molecular weight excluding hydrogens is 517 g/mol. The number of carbonyl (C=O) groups is 2. The average molecular weight is 562 g/mol. The molecule has 1 spiro atoms. The van der Waals surface area contributed by atoms with E-state index in [1.165, 1.54) is 25.8 Å². The molecule has 6 fully saturated rings. The number of amides is 2. The maximum absolute atomic E-state index is 14.6. The van der Waals surface area contributed by atoms with E-state index in [4.69, 9.17) is 14.0 Å². The highest BCUT2D eigenvalue weighted by molar-refractivity contribution is 6.62. The van der Waals surface area contributed by atoms with Crippen LogP contribution >= 0.6 is 0 Å². The number of anilines is 1. The van der Waals surface area contributed by atoms with Crippen molar-refractivity contribution in [3.8, 4) is 0 Å². The molecular formula is C32H44BN3O5. The van der Waals surface area contributed by atoms with Crippen molar-refractivity contribution in [3.63, 3.8) is 0 Å². The lowest BCUT2D eigenvalue weighted by Crippen LogP contribution is -2.59. The summed E-state index contributed by atoms with van der Waals surface area (Å²) in [6.45, 7) is 11.9. The van der Waals surface area contributed by atoms with Crippen molar-refractivity contribution >= 4 is 30.1 Å². The van der Waals surface area contributed by atoms with E-state index >= 15 is 0 Å². The lowest BCUT2D eigenvalue weighted by atomic mass is 9.71. The van der Waals surface area contributed by atoms with E-state index in [-0.39, 0.29) is 23.8 Å². The molecule has 0 radical (unpaired) electrons. The third-order valence-corrected chi connectivity index (χ3v) is 12.2. The third kappa shape index (κ3) is 3.87. The molecule has 2 aliphatic carbocycles. The van der Waals surface area contributed by atoms with Crippen LogP contribution in [0.4, 0.5) is 5.69 Å². The van der Waals surface area contributed by atoms with E-state index in [0.717, 1.165) is 41.5 Å². The Labute approximate surface area is 244 Å². The average Bonchev–Trinajstić information content (AvgIpc) is 3.61. The second-order valence-corrected chi connectivity index (χ2v) is 15.0. The molecule has 8 nitrogen and oxygen atoms in total. The Morgan fingerprint density at radius 1 is 0.927 bits per heavy atom. The minimum absolute atomic E-state index is 0.0117. The number of piperidine rings is 2. The summed E-state index contributed by atoms with van der Waals surface area (Å²) < 4.78 is 18.1. The SMILES string of the molecule is CC1(C)OB(c2ccc3c(c2)N(C2CC(N4C[C@H]5CC[C@@H]4C5)C2)C(=O)C32CCN(C(=O)C3COC3)CC2)OC1(C)C. The number of ether oxygens (including phenoxy) is 1. The van der Waals surface area contributed by atoms with E-state index < -0.39 is 23.7 Å². The van der Waals surface area contributed by atoms with Crippen LogP contribution in [0.25, 0.3) is 0 Å². The number of carbonyl (C=O) groups excluding carboxylic acids is 2. The molecule has 220 valence electrons. The zero-order valence-electron chi connectivity index (χ0n) is 25.1. The van der Waals surface area contributed by atoms with Crippen molar-refractivity contribution in [3.05, 3.63) is 23.8 Å². The summed E-state index contributed by atoms with van der Waals surface area (Å²) >= 11 is 0. The van der Waals surface area contributed by atoms with Gasteiger partial charge in [0.1, 0.15) is 0 Å². The van der Waals surface area contributed by atoms with E-state index in [1.54, 1.807) is 0 Å². The topological polar surface area (TPSA) is 71.6 Å². The summed E-state index contributed by atoms with van der Waals surface area (Å²) in [7, 11) is -0.461. The molecule has 9 heteroatoms. The zero-order valence-corrected chi connectivity index (χ0v) is 25.1. The Morgan fingerprint density at radius 3 is 2.22 bits per heavy atom. The van der Waals surface area contributed by atoms with Gasteiger partial charge < -0.3 is 23.8 Å². The minimum Gasteiger partial charge on any atom is -0.399 e. The zero-order chi connectivity index (χ0) is 28.3. The van der Waals surface area contributed by atoms with Gasteiger partial charge in [-0.3, -0.25) is 14.5 Å². The molecule has 0 N–H and O–H groups in total. The van der Waals surface area contributed by atoms with Gasteiger partial charge in [-0.25, -0.2) is 0 Å². The smallest absolute Gasteiger partial charge is 0.399 e. The van der Waals surface area contributed by atoms with Gasteiger partial charge in [-0.15, -0.1) is 0 Å². The molecule has 1 aromatic carbocycles. The van der Waals surface area contributed by atoms with E-state index in [1.807, 2.05) is 4.90 Å². The Kier molecular flexibility index (Phi) is 5.88. The van der Waals surface area contributed by atoms with Gasteiger partial charge in [0.25, 0.3) is 0 Å². The number of likely N-dealkylation sites (tertiary alicyclic amines) is 2. The molecule has 5 heterocycles. The summed E-state index contributed by atoms with van der Waals surface area (Å²) in [4.78, 5) is 34.4. The number of hydrogen-bond acceptors (Lipinski definition) is 6. The third-order valence-electron chi connectivity index (χ3n) is 12.2. The van der Waals surface area contributed by atoms with Gasteiger partial charge in [-0.2, -0.15) is 0 Å². The second-order valence-electron chi connectivity index (χ2n) is 15.0. The molecule has 1 aromatic rings. The first-order valence-electron chi connectivity index (χ1n) is 16.0. The molecule has 2 saturated carbocycles. The van der Waals surface area contributed by atoms with Crippen LogP contribution in [0.5, 0.6) is 0 Å². The summed E-state index contributed by atoms with van der Waals surface area (Å²) in [6, 6.07) is 8.03. The van der Waals surface area contributed by atoms with Crippen LogP contribution in [0, 0.1) is 11.8 Å². The number of hydrogen-bond donors (Lipinski definition) is 0. The fourth-order valence-corrected chi connectivity index (χ4v) is 8.78. The minimum atomic E-state index is -0.561. The number of benzene rings is 1. The Hall–Kier alpha value is -1.94. The van der Waals surface area contributed by atoms with Crippen LogP contribution in [-0.2, 0) is 29.0 Å². The molecule has 0 aromatic heterocycles. The highest BCUT2D eigenvalue weighted by Crippen LogP contribution is 2.52. The predicted molar refractivity (Wildman–Crippen MR) is 156 cm³/mol. The fourth-order valence-electron chi connectivity index (χ4n) is 8.78. The predicted octanol–water partition coefficient (Wildman–Crippen LogP) is 2.85. The first kappa shape index (κ1) is 26.7. The Balaban J connectivity index is 1.08. The molecule has 5 aliphatic heterocycles. The fraction of sp³-hybridized carbons (Fsp3) is 0.750. The molecule has 7 aliphatic rings. The molecule has 2 bridgehead atoms. The number of rotatable bonds is 4. The maximum atomic E-state index is 14.6. The van der Waals surface area contributed by atoms with Gasteiger partial charge in [0, 0.05) is 43.4 Å². The summed E-state index contributed by atoms with van der Waals surface area (Å²) in [5.41, 5.74) is 1.74.